The van der Waals surface area contributed by atoms with E-state index in [1.165, 1.54) is 12.1 Å². The second-order valence-corrected chi connectivity index (χ2v) is 9.49. The number of H-pyrrole nitrogens is 1. The molecule has 0 aliphatic carbocycles. The minimum absolute atomic E-state index is 0.0627. The molecule has 0 spiro atoms. The molecule has 1 aromatic carbocycles. The number of alkyl carbamates (subject to hydrolysis) is 1. The summed E-state index contributed by atoms with van der Waals surface area (Å²) < 4.78 is 18.5. The molecular weight excluding hydrogens is 445 g/mol. The van der Waals surface area contributed by atoms with E-state index in [9.17, 15) is 14.4 Å². The van der Waals surface area contributed by atoms with Gasteiger partial charge in [-0.2, -0.15) is 5.26 Å². The summed E-state index contributed by atoms with van der Waals surface area (Å²) in [6.45, 7) is 6.77. The topological polar surface area (TPSA) is 94.0 Å². The van der Waals surface area contributed by atoms with Crippen LogP contribution >= 0.6 is 0 Å². The minimum atomic E-state index is -0.553. The Hall–Kier alpha value is -4.12. The number of nitrogens with zero attached hydrogens (tertiary/aromatic N) is 3. The van der Waals surface area contributed by atoms with Gasteiger partial charge in [0.05, 0.1) is 17.3 Å². The molecule has 0 bridgehead atoms. The maximum atomic E-state index is 13.1. The van der Waals surface area contributed by atoms with Crippen LogP contribution in [0.2, 0.25) is 0 Å². The van der Waals surface area contributed by atoms with Crippen LogP contribution in [-0.2, 0) is 4.74 Å². The summed E-state index contributed by atoms with van der Waals surface area (Å²) >= 11 is 0. The molecule has 35 heavy (non-hydrogen) atoms. The predicted octanol–water partition coefficient (Wildman–Crippen LogP) is 5.36. The fourth-order valence-corrected chi connectivity index (χ4v) is 3.95. The van der Waals surface area contributed by atoms with E-state index < -0.39 is 11.7 Å². The van der Waals surface area contributed by atoms with E-state index in [1.807, 2.05) is 51.1 Å². The largest absolute Gasteiger partial charge is 0.444 e. The Balaban J connectivity index is 1.48. The summed E-state index contributed by atoms with van der Waals surface area (Å²) in [5, 5.41) is 12.6. The Morgan fingerprint density at radius 1 is 1.26 bits per heavy atom. The van der Waals surface area contributed by atoms with Crippen LogP contribution in [0.1, 0.15) is 44.0 Å². The molecule has 1 atom stereocenters. The van der Waals surface area contributed by atoms with E-state index in [-0.39, 0.29) is 11.9 Å². The molecule has 1 aliphatic rings. The molecule has 7 nitrogen and oxygen atoms in total. The molecule has 8 heteroatoms. The zero-order chi connectivity index (χ0) is 25.0. The molecule has 3 aromatic rings. The lowest BCUT2D eigenvalue weighted by Crippen LogP contribution is -2.40. The van der Waals surface area contributed by atoms with Crippen molar-refractivity contribution in [3.05, 3.63) is 71.3 Å². The lowest BCUT2D eigenvalue weighted by atomic mass is 10.1. The minimum Gasteiger partial charge on any atom is -0.444 e. The van der Waals surface area contributed by atoms with Crippen LogP contribution in [0.25, 0.3) is 23.4 Å². The van der Waals surface area contributed by atoms with E-state index in [4.69, 9.17) is 4.74 Å². The number of hydrogen-bond donors (Lipinski definition) is 2. The Labute approximate surface area is 204 Å². The van der Waals surface area contributed by atoms with Gasteiger partial charge in [0, 0.05) is 30.5 Å². The van der Waals surface area contributed by atoms with Gasteiger partial charge >= 0.3 is 6.09 Å². The lowest BCUT2D eigenvalue weighted by Gasteiger charge is -2.22. The second-order valence-electron chi connectivity index (χ2n) is 9.49. The quantitative estimate of drug-likeness (QED) is 0.520. The molecule has 0 unspecified atom stereocenters. The number of pyridine rings is 1. The second kappa shape index (κ2) is 10.0. The number of amides is 1. The number of anilines is 1. The Morgan fingerprint density at radius 2 is 2.03 bits per heavy atom. The third-order valence-electron chi connectivity index (χ3n) is 5.55. The van der Waals surface area contributed by atoms with Crippen molar-refractivity contribution < 1.29 is 13.9 Å². The van der Waals surface area contributed by atoms with Crippen LogP contribution in [0.3, 0.4) is 0 Å². The first-order chi connectivity index (χ1) is 16.7. The van der Waals surface area contributed by atoms with Crippen LogP contribution in [0, 0.1) is 17.1 Å². The summed E-state index contributed by atoms with van der Waals surface area (Å²) in [5.41, 5.74) is 3.30. The number of ether oxygens (including phenoxy) is 1. The van der Waals surface area contributed by atoms with E-state index in [0.29, 0.717) is 18.7 Å². The summed E-state index contributed by atoms with van der Waals surface area (Å²) in [6, 6.07) is 14.1. The highest BCUT2D eigenvalue weighted by molar-refractivity contribution is 5.74. The first-order valence-electron chi connectivity index (χ1n) is 11.5. The van der Waals surface area contributed by atoms with Crippen molar-refractivity contribution in [2.45, 2.75) is 38.8 Å². The van der Waals surface area contributed by atoms with Gasteiger partial charge in [-0.25, -0.2) is 9.18 Å². The van der Waals surface area contributed by atoms with Crippen LogP contribution in [0.5, 0.6) is 0 Å². The average molecular weight is 474 g/mol. The van der Waals surface area contributed by atoms with E-state index in [0.717, 1.165) is 34.8 Å². The van der Waals surface area contributed by atoms with E-state index >= 15 is 0 Å². The zero-order valence-corrected chi connectivity index (χ0v) is 20.0. The molecule has 1 amide bonds. The molecule has 1 saturated heterocycles. The van der Waals surface area contributed by atoms with Gasteiger partial charge in [0.25, 0.3) is 0 Å². The third kappa shape index (κ3) is 6.27. The van der Waals surface area contributed by atoms with Crippen molar-refractivity contribution in [1.82, 2.24) is 15.3 Å². The molecular formula is C27H28FN5O2. The first kappa shape index (κ1) is 24.0. The van der Waals surface area contributed by atoms with Gasteiger partial charge < -0.3 is 19.9 Å². The molecule has 180 valence electrons. The first-order valence-corrected chi connectivity index (χ1v) is 11.5. The molecule has 2 aromatic heterocycles. The Bertz CT molecular complexity index is 1270. The maximum Gasteiger partial charge on any atom is 0.407 e. The van der Waals surface area contributed by atoms with Gasteiger partial charge in [-0.1, -0.05) is 18.2 Å². The highest BCUT2D eigenvalue weighted by atomic mass is 19.1. The van der Waals surface area contributed by atoms with Gasteiger partial charge in [-0.05, 0) is 69.2 Å². The number of nitriles is 1. The fourth-order valence-electron chi connectivity index (χ4n) is 3.95. The van der Waals surface area contributed by atoms with Crippen molar-refractivity contribution in [3.63, 3.8) is 0 Å². The van der Waals surface area contributed by atoms with Crippen LogP contribution < -0.4 is 10.2 Å². The Kier molecular flexibility index (Phi) is 6.87. The Morgan fingerprint density at radius 3 is 2.74 bits per heavy atom. The van der Waals surface area contributed by atoms with Gasteiger partial charge in [0.2, 0.25) is 0 Å². The number of carbonyl (C=O) groups is 1. The summed E-state index contributed by atoms with van der Waals surface area (Å²) in [5.74, 6) is 0.458. The molecule has 1 aliphatic heterocycles. The summed E-state index contributed by atoms with van der Waals surface area (Å²) in [6.07, 6.45) is 5.76. The van der Waals surface area contributed by atoms with E-state index in [2.05, 4.69) is 26.3 Å². The lowest BCUT2D eigenvalue weighted by molar-refractivity contribution is 0.0509. The van der Waals surface area contributed by atoms with Crippen molar-refractivity contribution in [2.75, 3.05) is 18.0 Å². The number of aromatic amines is 1. The molecule has 0 radical (unpaired) electrons. The third-order valence-corrected chi connectivity index (χ3v) is 5.55. The SMILES string of the molecule is CC(C)(C)OC(=O)N[C@H]1CCN(c2[nH]c(-c3ccnc(C=Cc4ccc(F)cc4)c3)cc2C#N)C1. The van der Waals surface area contributed by atoms with Crippen molar-refractivity contribution >= 4 is 24.1 Å². The normalized spacial score (nSPS) is 15.9. The van der Waals surface area contributed by atoms with Crippen molar-refractivity contribution in [3.8, 4) is 17.3 Å². The van der Waals surface area contributed by atoms with E-state index in [1.54, 1.807) is 18.3 Å². The maximum absolute atomic E-state index is 13.1. The van der Waals surface area contributed by atoms with Crippen molar-refractivity contribution in [1.29, 1.82) is 5.26 Å². The number of nitrogens with one attached hydrogen (secondary N) is 2. The van der Waals surface area contributed by atoms with Gasteiger partial charge in [-0.15, -0.1) is 0 Å². The number of carbonyl (C=O) groups excluding carboxylic acids is 1. The van der Waals surface area contributed by atoms with Gasteiger partial charge in [0.1, 0.15) is 23.3 Å². The van der Waals surface area contributed by atoms with Crippen LogP contribution in [0.4, 0.5) is 15.0 Å². The van der Waals surface area contributed by atoms with Crippen LogP contribution in [-0.4, -0.2) is 40.8 Å². The highest BCUT2D eigenvalue weighted by Gasteiger charge is 2.28. The molecule has 0 saturated carbocycles. The molecule has 1 fully saturated rings. The number of hydrogen-bond acceptors (Lipinski definition) is 5. The molecule has 3 heterocycles. The number of benzene rings is 1. The summed E-state index contributed by atoms with van der Waals surface area (Å²) in [4.78, 5) is 22.0. The summed E-state index contributed by atoms with van der Waals surface area (Å²) in [7, 11) is 0. The number of rotatable bonds is 5. The molecule has 2 N–H and O–H groups in total. The number of halogens is 1. The van der Waals surface area contributed by atoms with Gasteiger partial charge in [-0.3, -0.25) is 4.98 Å². The molecule has 4 rings (SSSR count). The van der Waals surface area contributed by atoms with Gasteiger partial charge in [0.15, 0.2) is 0 Å². The average Bonchev–Trinajstić information content (AvgIpc) is 3.44. The highest BCUT2D eigenvalue weighted by Crippen LogP contribution is 2.30. The van der Waals surface area contributed by atoms with Crippen molar-refractivity contribution in [2.24, 2.45) is 0 Å². The standard InChI is InChI=1S/C27H28FN5O2/c1-27(2,3)35-26(34)31-23-11-13-33(17-23)25-20(16-29)15-24(32-25)19-10-12-30-22(14-19)9-6-18-4-7-21(28)8-5-18/h4-10,12,14-15,23,32H,11,13,17H2,1-3H3,(H,31,34)/t23-/m0/s1. The monoisotopic (exact) mass is 473 g/mol. The predicted molar refractivity (Wildman–Crippen MR) is 134 cm³/mol. The zero-order valence-electron chi connectivity index (χ0n) is 20.0. The smallest absolute Gasteiger partial charge is 0.407 e. The fraction of sp³-hybridized carbons (Fsp3) is 0.296. The van der Waals surface area contributed by atoms with Crippen LogP contribution in [0.15, 0.2) is 48.7 Å². The number of aromatic nitrogens is 2.